The van der Waals surface area contributed by atoms with Crippen LogP contribution in [-0.2, 0) is 16.1 Å². The van der Waals surface area contributed by atoms with Crippen LogP contribution in [-0.4, -0.2) is 16.0 Å². The summed E-state index contributed by atoms with van der Waals surface area (Å²) >= 11 is 0. The molecule has 0 N–H and O–H groups in total. The number of rotatable bonds is 3. The summed E-state index contributed by atoms with van der Waals surface area (Å²) in [5, 5.41) is 0.0801. The Balaban J connectivity index is 0.00000176. The minimum atomic E-state index is -2.38. The first-order chi connectivity index (χ1) is 10.2. The predicted octanol–water partition coefficient (Wildman–Crippen LogP) is 1.10. The molecule has 110 valence electrons. The van der Waals surface area contributed by atoms with Gasteiger partial charge in [0.15, 0.2) is 0 Å². The van der Waals surface area contributed by atoms with Gasteiger partial charge < -0.3 is 0 Å². The molecule has 0 saturated carbocycles. The second kappa shape index (κ2) is 7.42. The molecule has 3 rings (SSSR count). The van der Waals surface area contributed by atoms with Crippen LogP contribution in [0.1, 0.15) is 24.0 Å². The molecule has 0 aromatic heterocycles. The molecule has 2 aromatic carbocycles. The minimum Gasteiger partial charge on any atom is -0.257 e. The van der Waals surface area contributed by atoms with E-state index in [-0.39, 0.29) is 24.1 Å². The summed E-state index contributed by atoms with van der Waals surface area (Å²) in [5.41, 5.74) is 2.07. The Morgan fingerprint density at radius 1 is 1.09 bits per heavy atom. The first kappa shape index (κ1) is 17.2. The molecule has 0 spiro atoms. The molecule has 0 radical (unpaired) electrons. The third-order valence-corrected chi connectivity index (χ3v) is 6.91. The standard InChI is InChI=1S/C18H20NOS.Li/c1-15-8-5-6-12-18(15)21(20)17(11-7-13-19-21)14-16-9-3-2-4-10-16;/h2-6,8-10,12,17H,1,7,11,13-14H2;/q-1;+1/t17-,21-;/m0./s1. The van der Waals surface area contributed by atoms with Gasteiger partial charge >= 0.3 is 18.9 Å². The van der Waals surface area contributed by atoms with Crippen LogP contribution in [0, 0.1) is 6.92 Å². The second-order valence-electron chi connectivity index (χ2n) is 5.48. The maximum absolute atomic E-state index is 13.6. The fourth-order valence-corrected chi connectivity index (χ4v) is 5.65. The monoisotopic (exact) mass is 305 g/mol. The SMILES string of the molecule is [CH2-]c1ccccc1[S@]1(=O)=NCCC[C@H]1Cc1ccccc1.[Li+]. The normalized spacial score (nSPS) is 24.1. The van der Waals surface area contributed by atoms with E-state index in [0.29, 0.717) is 6.54 Å². The van der Waals surface area contributed by atoms with Gasteiger partial charge in [-0.2, -0.15) is 18.6 Å². The topological polar surface area (TPSA) is 29.4 Å². The summed E-state index contributed by atoms with van der Waals surface area (Å²) in [6, 6.07) is 18.0. The molecule has 0 aliphatic carbocycles. The van der Waals surface area contributed by atoms with Gasteiger partial charge in [0, 0.05) is 21.5 Å². The van der Waals surface area contributed by atoms with Gasteiger partial charge in [-0.25, -0.2) is 4.36 Å². The van der Waals surface area contributed by atoms with E-state index < -0.39 is 9.73 Å². The summed E-state index contributed by atoms with van der Waals surface area (Å²) in [6.07, 6.45) is 2.80. The van der Waals surface area contributed by atoms with E-state index in [1.807, 2.05) is 42.5 Å². The zero-order chi connectivity index (χ0) is 14.7. The molecule has 1 aliphatic heterocycles. The van der Waals surface area contributed by atoms with Crippen LogP contribution in [0.2, 0.25) is 0 Å². The molecule has 22 heavy (non-hydrogen) atoms. The van der Waals surface area contributed by atoms with E-state index in [9.17, 15) is 4.21 Å². The van der Waals surface area contributed by atoms with Gasteiger partial charge in [0.05, 0.1) is 0 Å². The van der Waals surface area contributed by atoms with Crippen molar-refractivity contribution in [1.29, 1.82) is 0 Å². The molecule has 2 atom stereocenters. The Morgan fingerprint density at radius 3 is 2.50 bits per heavy atom. The first-order valence-corrected chi connectivity index (χ1v) is 8.95. The van der Waals surface area contributed by atoms with Gasteiger partial charge in [0.1, 0.15) is 0 Å². The van der Waals surface area contributed by atoms with Gasteiger partial charge in [0.2, 0.25) is 0 Å². The van der Waals surface area contributed by atoms with Crippen molar-refractivity contribution in [2.75, 3.05) is 6.54 Å². The van der Waals surface area contributed by atoms with Gasteiger partial charge in [-0.3, -0.25) is 4.21 Å². The minimum absolute atomic E-state index is 0. The van der Waals surface area contributed by atoms with E-state index in [1.165, 1.54) is 5.56 Å². The zero-order valence-electron chi connectivity index (χ0n) is 13.1. The second-order valence-corrected chi connectivity index (χ2v) is 7.99. The summed E-state index contributed by atoms with van der Waals surface area (Å²) in [5.74, 6) is 0. The fraction of sp³-hybridized carbons (Fsp3) is 0.278. The fourth-order valence-electron chi connectivity index (χ4n) is 2.91. The van der Waals surface area contributed by atoms with Crippen LogP contribution in [0.4, 0.5) is 0 Å². The molecular formula is C18H20LiNOS. The van der Waals surface area contributed by atoms with Crippen molar-refractivity contribution < 1.29 is 23.1 Å². The zero-order valence-corrected chi connectivity index (χ0v) is 13.9. The molecule has 4 heteroatoms. The molecule has 0 saturated heterocycles. The average molecular weight is 305 g/mol. The van der Waals surface area contributed by atoms with Gasteiger partial charge in [-0.1, -0.05) is 41.3 Å². The Labute approximate surface area is 145 Å². The third-order valence-electron chi connectivity index (χ3n) is 4.01. The predicted molar refractivity (Wildman–Crippen MR) is 87.8 cm³/mol. The summed E-state index contributed by atoms with van der Waals surface area (Å²) in [4.78, 5) is 0.825. The number of benzene rings is 2. The molecule has 2 aromatic rings. The van der Waals surface area contributed by atoms with E-state index >= 15 is 0 Å². The molecular weight excluding hydrogens is 285 g/mol. The van der Waals surface area contributed by atoms with Crippen molar-refractivity contribution in [3.05, 3.63) is 72.6 Å². The molecule has 0 fully saturated rings. The van der Waals surface area contributed by atoms with Crippen molar-refractivity contribution in [2.45, 2.75) is 29.4 Å². The maximum atomic E-state index is 13.6. The van der Waals surface area contributed by atoms with Crippen LogP contribution in [0.5, 0.6) is 0 Å². The summed E-state index contributed by atoms with van der Waals surface area (Å²) < 4.78 is 18.1. The molecule has 2 nitrogen and oxygen atoms in total. The van der Waals surface area contributed by atoms with Gasteiger partial charge in [-0.15, -0.1) is 12.1 Å². The number of hydrogen-bond acceptors (Lipinski definition) is 2. The van der Waals surface area contributed by atoms with Crippen LogP contribution >= 0.6 is 0 Å². The van der Waals surface area contributed by atoms with Gasteiger partial charge in [-0.05, 0) is 24.8 Å². The maximum Gasteiger partial charge on any atom is 1.00 e. The quantitative estimate of drug-likeness (QED) is 0.617. The van der Waals surface area contributed by atoms with Crippen molar-refractivity contribution >= 4 is 9.73 Å². The molecule has 0 amide bonds. The van der Waals surface area contributed by atoms with E-state index in [2.05, 4.69) is 23.4 Å². The van der Waals surface area contributed by atoms with Crippen molar-refractivity contribution in [2.24, 2.45) is 4.36 Å². The largest absolute Gasteiger partial charge is 1.00 e. The van der Waals surface area contributed by atoms with E-state index in [0.717, 1.165) is 29.7 Å². The van der Waals surface area contributed by atoms with Crippen molar-refractivity contribution in [1.82, 2.24) is 0 Å². The van der Waals surface area contributed by atoms with E-state index in [4.69, 9.17) is 0 Å². The number of hydrogen-bond donors (Lipinski definition) is 0. The smallest absolute Gasteiger partial charge is 0.257 e. The first-order valence-electron chi connectivity index (χ1n) is 7.37. The van der Waals surface area contributed by atoms with Crippen LogP contribution in [0.3, 0.4) is 0 Å². The molecule has 1 aliphatic rings. The van der Waals surface area contributed by atoms with E-state index in [1.54, 1.807) is 0 Å². The summed E-state index contributed by atoms with van der Waals surface area (Å²) in [7, 11) is -2.38. The molecule has 1 heterocycles. The van der Waals surface area contributed by atoms with Crippen LogP contribution in [0.15, 0.2) is 63.9 Å². The molecule has 0 bridgehead atoms. The third kappa shape index (κ3) is 3.43. The molecule has 0 unspecified atom stereocenters. The summed E-state index contributed by atoms with van der Waals surface area (Å²) in [6.45, 7) is 4.74. The van der Waals surface area contributed by atoms with Crippen molar-refractivity contribution in [3.8, 4) is 0 Å². The van der Waals surface area contributed by atoms with Gasteiger partial charge in [0.25, 0.3) is 0 Å². The Morgan fingerprint density at radius 2 is 1.77 bits per heavy atom. The Bertz CT molecular complexity index is 736. The average Bonchev–Trinajstić information content (AvgIpc) is 2.51. The number of nitrogens with zero attached hydrogens (tertiary/aromatic N) is 1. The Hall–Kier alpha value is -1.14. The van der Waals surface area contributed by atoms with Crippen LogP contribution in [0.25, 0.3) is 0 Å². The Kier molecular flexibility index (Phi) is 5.80. The van der Waals surface area contributed by atoms with Crippen LogP contribution < -0.4 is 18.9 Å². The van der Waals surface area contributed by atoms with Crippen molar-refractivity contribution in [3.63, 3.8) is 0 Å².